The van der Waals surface area contributed by atoms with Crippen molar-refractivity contribution >= 4 is 40.5 Å². The maximum atomic E-state index is 12.7. The number of benzene rings is 2. The van der Waals surface area contributed by atoms with Crippen molar-refractivity contribution in [2.75, 3.05) is 5.32 Å². The molecule has 0 aliphatic heterocycles. The zero-order valence-corrected chi connectivity index (χ0v) is 15.0. The molecule has 0 bridgehead atoms. The van der Waals surface area contributed by atoms with Crippen molar-refractivity contribution in [3.05, 3.63) is 71.2 Å². The summed E-state index contributed by atoms with van der Waals surface area (Å²) in [6.45, 7) is 1.79. The van der Waals surface area contributed by atoms with Gasteiger partial charge in [-0.1, -0.05) is 65.6 Å². The van der Waals surface area contributed by atoms with Gasteiger partial charge in [-0.15, -0.1) is 10.2 Å². The predicted octanol–water partition coefficient (Wildman–Crippen LogP) is 3.89. The van der Waals surface area contributed by atoms with E-state index in [-0.39, 0.29) is 16.9 Å². The number of para-hydroxylation sites is 1. The average molecular weight is 369 g/mol. The van der Waals surface area contributed by atoms with Crippen molar-refractivity contribution in [2.45, 2.75) is 16.5 Å². The number of carbonyl (C=O) groups excluding carboxylic acids is 2. The van der Waals surface area contributed by atoms with Crippen LogP contribution in [-0.4, -0.2) is 27.1 Å². The number of thioether (sulfide) groups is 1. The molecule has 1 N–H and O–H groups in total. The van der Waals surface area contributed by atoms with E-state index in [9.17, 15) is 9.59 Å². The first-order valence-electron chi connectivity index (χ1n) is 7.57. The number of rotatable bonds is 6. The summed E-state index contributed by atoms with van der Waals surface area (Å²) in [5.74, 6) is -0.311. The third-order valence-corrected chi connectivity index (χ3v) is 5.36. The molecule has 0 aliphatic rings. The van der Waals surface area contributed by atoms with Crippen molar-refractivity contribution < 1.29 is 9.59 Å². The van der Waals surface area contributed by atoms with Crippen molar-refractivity contribution in [1.29, 1.82) is 0 Å². The first-order valence-corrected chi connectivity index (χ1v) is 9.33. The number of amides is 1. The highest BCUT2D eigenvalue weighted by Gasteiger charge is 2.19. The zero-order chi connectivity index (χ0) is 17.6. The molecule has 3 rings (SSSR count). The SMILES string of the molecule is C[C@@H](Sc1nncs1)C(=O)Nc1ccccc1C(=O)c1ccccc1. The number of anilines is 1. The predicted molar refractivity (Wildman–Crippen MR) is 100 cm³/mol. The number of aromatic nitrogens is 2. The van der Waals surface area contributed by atoms with Crippen molar-refractivity contribution in [1.82, 2.24) is 10.2 Å². The zero-order valence-electron chi connectivity index (χ0n) is 13.4. The van der Waals surface area contributed by atoms with Crippen LogP contribution in [-0.2, 0) is 4.79 Å². The average Bonchev–Trinajstić information content (AvgIpc) is 3.15. The Bertz CT molecular complexity index is 867. The molecule has 0 saturated heterocycles. The summed E-state index contributed by atoms with van der Waals surface area (Å²) in [7, 11) is 0. The summed E-state index contributed by atoms with van der Waals surface area (Å²) >= 11 is 2.72. The lowest BCUT2D eigenvalue weighted by molar-refractivity contribution is -0.115. The van der Waals surface area contributed by atoms with Gasteiger partial charge in [-0.2, -0.15) is 0 Å². The number of nitrogens with one attached hydrogen (secondary N) is 1. The van der Waals surface area contributed by atoms with Crippen LogP contribution in [0.15, 0.2) is 64.4 Å². The first kappa shape index (κ1) is 17.3. The van der Waals surface area contributed by atoms with Gasteiger partial charge >= 0.3 is 0 Å². The molecule has 126 valence electrons. The fraction of sp³-hybridized carbons (Fsp3) is 0.111. The highest BCUT2D eigenvalue weighted by Crippen LogP contribution is 2.26. The van der Waals surface area contributed by atoms with Crippen LogP contribution in [0.5, 0.6) is 0 Å². The van der Waals surface area contributed by atoms with Crippen molar-refractivity contribution in [3.8, 4) is 0 Å². The van der Waals surface area contributed by atoms with Gasteiger partial charge in [0, 0.05) is 11.1 Å². The van der Waals surface area contributed by atoms with E-state index < -0.39 is 0 Å². The van der Waals surface area contributed by atoms with Gasteiger partial charge in [-0.25, -0.2) is 0 Å². The van der Waals surface area contributed by atoms with E-state index in [1.165, 1.54) is 23.1 Å². The molecule has 0 saturated carbocycles. The van der Waals surface area contributed by atoms with Crippen LogP contribution in [0.25, 0.3) is 0 Å². The van der Waals surface area contributed by atoms with Gasteiger partial charge in [0.05, 0.1) is 10.9 Å². The molecule has 3 aromatic rings. The molecule has 1 heterocycles. The largest absolute Gasteiger partial charge is 0.324 e. The highest BCUT2D eigenvalue weighted by molar-refractivity contribution is 8.02. The summed E-state index contributed by atoms with van der Waals surface area (Å²) in [4.78, 5) is 25.2. The van der Waals surface area contributed by atoms with Gasteiger partial charge in [0.25, 0.3) is 0 Å². The second kappa shape index (κ2) is 8.04. The Morgan fingerprint density at radius 2 is 1.80 bits per heavy atom. The number of nitrogens with zero attached hydrogens (tertiary/aromatic N) is 2. The lowest BCUT2D eigenvalue weighted by atomic mass is 10.0. The summed E-state index contributed by atoms with van der Waals surface area (Å²) < 4.78 is 0.733. The summed E-state index contributed by atoms with van der Waals surface area (Å²) in [5.41, 5.74) is 3.18. The number of carbonyl (C=O) groups is 2. The summed E-state index contributed by atoms with van der Waals surface area (Å²) in [6, 6.07) is 16.0. The van der Waals surface area contributed by atoms with Gasteiger partial charge in [0.1, 0.15) is 5.51 Å². The second-order valence-corrected chi connectivity index (χ2v) is 7.62. The van der Waals surface area contributed by atoms with E-state index in [0.29, 0.717) is 16.8 Å². The molecular weight excluding hydrogens is 354 g/mol. The fourth-order valence-electron chi connectivity index (χ4n) is 2.19. The van der Waals surface area contributed by atoms with Crippen LogP contribution >= 0.6 is 23.1 Å². The number of ketones is 1. The molecule has 7 heteroatoms. The van der Waals surface area contributed by atoms with Crippen LogP contribution in [0.3, 0.4) is 0 Å². The standard InChI is InChI=1S/C18H15N3O2S2/c1-12(25-18-21-19-11-24-18)17(23)20-15-10-6-5-9-14(15)16(22)13-7-3-2-4-8-13/h2-12H,1H3,(H,20,23)/t12-/m1/s1. The third kappa shape index (κ3) is 4.32. The summed E-state index contributed by atoms with van der Waals surface area (Å²) in [6.07, 6.45) is 0. The Balaban J connectivity index is 1.77. The molecule has 25 heavy (non-hydrogen) atoms. The topological polar surface area (TPSA) is 72.0 Å². The van der Waals surface area contributed by atoms with Crippen LogP contribution in [0.1, 0.15) is 22.8 Å². The van der Waals surface area contributed by atoms with E-state index in [0.717, 1.165) is 4.34 Å². The smallest absolute Gasteiger partial charge is 0.237 e. The lowest BCUT2D eigenvalue weighted by Gasteiger charge is -2.13. The Morgan fingerprint density at radius 3 is 2.52 bits per heavy atom. The van der Waals surface area contributed by atoms with Crippen LogP contribution in [0, 0.1) is 0 Å². The van der Waals surface area contributed by atoms with Gasteiger partial charge in [0.15, 0.2) is 10.1 Å². The third-order valence-electron chi connectivity index (χ3n) is 3.45. The first-order chi connectivity index (χ1) is 12.1. The Kier molecular flexibility index (Phi) is 5.57. The van der Waals surface area contributed by atoms with Gasteiger partial charge in [0.2, 0.25) is 5.91 Å². The van der Waals surface area contributed by atoms with E-state index in [1.54, 1.807) is 48.8 Å². The van der Waals surface area contributed by atoms with E-state index >= 15 is 0 Å². The lowest BCUT2D eigenvalue weighted by Crippen LogP contribution is -2.23. The molecule has 5 nitrogen and oxygen atoms in total. The monoisotopic (exact) mass is 369 g/mol. The minimum atomic E-state index is -0.354. The molecule has 0 radical (unpaired) electrons. The maximum Gasteiger partial charge on any atom is 0.237 e. The highest BCUT2D eigenvalue weighted by atomic mass is 32.2. The van der Waals surface area contributed by atoms with E-state index in [2.05, 4.69) is 15.5 Å². The molecule has 0 spiro atoms. The van der Waals surface area contributed by atoms with Crippen LogP contribution in [0.4, 0.5) is 5.69 Å². The molecule has 0 fully saturated rings. The molecule has 2 aromatic carbocycles. The van der Waals surface area contributed by atoms with Crippen molar-refractivity contribution in [2.24, 2.45) is 0 Å². The van der Waals surface area contributed by atoms with E-state index in [1.807, 2.05) is 18.2 Å². The molecule has 1 atom stereocenters. The molecule has 0 unspecified atom stereocenters. The molecular formula is C18H15N3O2S2. The minimum Gasteiger partial charge on any atom is -0.324 e. The van der Waals surface area contributed by atoms with Crippen molar-refractivity contribution in [3.63, 3.8) is 0 Å². The Labute approximate surface area is 153 Å². The summed E-state index contributed by atoms with van der Waals surface area (Å²) in [5, 5.41) is 10.2. The molecule has 1 amide bonds. The Morgan fingerprint density at radius 1 is 1.08 bits per heavy atom. The van der Waals surface area contributed by atoms with Crippen LogP contribution in [0.2, 0.25) is 0 Å². The Hall–Kier alpha value is -2.51. The fourth-order valence-corrected chi connectivity index (χ4v) is 3.81. The van der Waals surface area contributed by atoms with Gasteiger partial charge in [-0.3, -0.25) is 9.59 Å². The number of hydrogen-bond acceptors (Lipinski definition) is 6. The minimum absolute atomic E-state index is 0.124. The number of hydrogen-bond donors (Lipinski definition) is 1. The second-order valence-electron chi connectivity index (χ2n) is 5.19. The quantitative estimate of drug-likeness (QED) is 0.527. The maximum absolute atomic E-state index is 12.7. The normalized spacial score (nSPS) is 11.7. The van der Waals surface area contributed by atoms with Gasteiger partial charge < -0.3 is 5.32 Å². The molecule has 0 aliphatic carbocycles. The van der Waals surface area contributed by atoms with E-state index in [4.69, 9.17) is 0 Å². The van der Waals surface area contributed by atoms with Gasteiger partial charge in [-0.05, 0) is 19.1 Å². The van der Waals surface area contributed by atoms with Crippen LogP contribution < -0.4 is 5.32 Å². The molecule has 1 aromatic heterocycles.